The van der Waals surface area contributed by atoms with Crippen molar-refractivity contribution in [3.8, 4) is 22.8 Å². The van der Waals surface area contributed by atoms with Crippen LogP contribution in [-0.2, 0) is 10.0 Å². The first kappa shape index (κ1) is 27.6. The molecule has 8 nitrogen and oxygen atoms in total. The van der Waals surface area contributed by atoms with Crippen LogP contribution in [0.2, 0.25) is 0 Å². The lowest BCUT2D eigenvalue weighted by molar-refractivity contribution is 0.102. The van der Waals surface area contributed by atoms with Crippen molar-refractivity contribution in [3.63, 3.8) is 0 Å². The van der Waals surface area contributed by atoms with Crippen LogP contribution in [0.25, 0.3) is 11.3 Å². The lowest BCUT2D eigenvalue weighted by atomic mass is 10.1. The zero-order valence-corrected chi connectivity index (χ0v) is 23.1. The summed E-state index contributed by atoms with van der Waals surface area (Å²) in [7, 11) is -0.500. The number of carbonyl (C=O) groups excluding carboxylic acids is 1. The molecule has 0 fully saturated rings. The molecule has 0 bridgehead atoms. The van der Waals surface area contributed by atoms with E-state index in [1.807, 2.05) is 39.1 Å². The number of hydrogen-bond acceptors (Lipinski definition) is 7. The maximum absolute atomic E-state index is 13.2. The van der Waals surface area contributed by atoms with Crippen LogP contribution in [0.1, 0.15) is 38.1 Å². The first-order valence-electron chi connectivity index (χ1n) is 11.6. The van der Waals surface area contributed by atoms with Crippen molar-refractivity contribution in [2.45, 2.75) is 32.6 Å². The van der Waals surface area contributed by atoms with Gasteiger partial charge in [0.25, 0.3) is 5.91 Å². The predicted molar refractivity (Wildman–Crippen MR) is 143 cm³/mol. The van der Waals surface area contributed by atoms with Gasteiger partial charge in [-0.25, -0.2) is 13.4 Å². The van der Waals surface area contributed by atoms with Crippen LogP contribution in [-0.4, -0.2) is 50.9 Å². The molecule has 0 unspecified atom stereocenters. The van der Waals surface area contributed by atoms with Crippen molar-refractivity contribution < 1.29 is 22.7 Å². The van der Waals surface area contributed by atoms with E-state index in [1.165, 1.54) is 39.9 Å². The number of methoxy groups -OCH3 is 2. The Kier molecular flexibility index (Phi) is 9.10. The molecule has 0 aliphatic rings. The number of benzene rings is 2. The third-order valence-electron chi connectivity index (χ3n) is 5.30. The van der Waals surface area contributed by atoms with Crippen LogP contribution in [0, 0.1) is 11.8 Å². The molecule has 0 atom stereocenters. The summed E-state index contributed by atoms with van der Waals surface area (Å²) in [6.45, 7) is 8.84. The van der Waals surface area contributed by atoms with Gasteiger partial charge in [-0.05, 0) is 54.3 Å². The molecule has 0 saturated heterocycles. The van der Waals surface area contributed by atoms with E-state index in [2.05, 4.69) is 10.3 Å². The number of ether oxygens (including phenoxy) is 2. The van der Waals surface area contributed by atoms with Crippen LogP contribution < -0.4 is 14.8 Å². The number of anilines is 1. The van der Waals surface area contributed by atoms with Gasteiger partial charge in [-0.2, -0.15) is 4.31 Å². The summed E-state index contributed by atoms with van der Waals surface area (Å²) in [6.07, 6.45) is 0. The van der Waals surface area contributed by atoms with Crippen LogP contribution in [0.3, 0.4) is 0 Å². The Morgan fingerprint density at radius 3 is 2.19 bits per heavy atom. The van der Waals surface area contributed by atoms with Gasteiger partial charge >= 0.3 is 0 Å². The van der Waals surface area contributed by atoms with E-state index in [-0.39, 0.29) is 22.6 Å². The molecular formula is C26H33N3O5S2. The van der Waals surface area contributed by atoms with Gasteiger partial charge in [0, 0.05) is 29.6 Å². The molecule has 10 heteroatoms. The number of thiazole rings is 1. The first-order chi connectivity index (χ1) is 17.0. The fraction of sp³-hybridized carbons (Fsp3) is 0.385. The van der Waals surface area contributed by atoms with E-state index in [0.29, 0.717) is 41.0 Å². The molecule has 1 heterocycles. The Balaban J connectivity index is 1.77. The standard InChI is InChI=1S/C26H33N3O5S2/c1-17(2)14-29(15-18(3)4)36(31,32)21-10-7-19(8-11-21)25(30)28-26-27-23(16-35-26)22-13-20(33-5)9-12-24(22)34-6/h7-13,16-18H,14-15H2,1-6H3,(H,27,28,30). The second kappa shape index (κ2) is 11.9. The molecule has 194 valence electrons. The van der Waals surface area contributed by atoms with Gasteiger partial charge < -0.3 is 9.47 Å². The molecule has 0 spiro atoms. The Morgan fingerprint density at radius 2 is 1.64 bits per heavy atom. The fourth-order valence-corrected chi connectivity index (χ4v) is 6.12. The molecule has 0 radical (unpaired) electrons. The third kappa shape index (κ3) is 6.63. The van der Waals surface area contributed by atoms with Crippen molar-refractivity contribution in [3.05, 3.63) is 53.4 Å². The van der Waals surface area contributed by atoms with E-state index in [4.69, 9.17) is 9.47 Å². The van der Waals surface area contributed by atoms with Gasteiger partial charge in [0.15, 0.2) is 5.13 Å². The number of amides is 1. The minimum Gasteiger partial charge on any atom is -0.497 e. The Morgan fingerprint density at radius 1 is 1.00 bits per heavy atom. The zero-order valence-electron chi connectivity index (χ0n) is 21.4. The summed E-state index contributed by atoms with van der Waals surface area (Å²) in [5.41, 5.74) is 1.72. The average molecular weight is 532 g/mol. The van der Waals surface area contributed by atoms with Crippen molar-refractivity contribution in [1.29, 1.82) is 0 Å². The Hall–Kier alpha value is -2.95. The summed E-state index contributed by atoms with van der Waals surface area (Å²) in [5, 5.41) is 5.02. The van der Waals surface area contributed by atoms with Gasteiger partial charge in [-0.3, -0.25) is 10.1 Å². The molecular weight excluding hydrogens is 498 g/mol. The second-order valence-corrected chi connectivity index (χ2v) is 12.0. The Bertz CT molecular complexity index is 1280. The molecule has 0 aliphatic carbocycles. The number of nitrogens with one attached hydrogen (secondary N) is 1. The zero-order chi connectivity index (χ0) is 26.5. The third-order valence-corrected chi connectivity index (χ3v) is 7.90. The number of rotatable bonds is 11. The maximum Gasteiger partial charge on any atom is 0.257 e. The normalized spacial score (nSPS) is 11.8. The van der Waals surface area contributed by atoms with Gasteiger partial charge in [0.2, 0.25) is 10.0 Å². The highest BCUT2D eigenvalue weighted by molar-refractivity contribution is 7.89. The van der Waals surface area contributed by atoms with E-state index < -0.39 is 10.0 Å². The fourth-order valence-electron chi connectivity index (χ4n) is 3.65. The lowest BCUT2D eigenvalue weighted by Crippen LogP contribution is -2.37. The molecule has 0 aliphatic heterocycles. The molecule has 2 aromatic carbocycles. The summed E-state index contributed by atoms with van der Waals surface area (Å²) in [4.78, 5) is 17.5. The molecule has 3 rings (SSSR count). The summed E-state index contributed by atoms with van der Waals surface area (Å²) >= 11 is 1.28. The quantitative estimate of drug-likeness (QED) is 0.357. The monoisotopic (exact) mass is 531 g/mol. The van der Waals surface area contributed by atoms with Crippen LogP contribution >= 0.6 is 11.3 Å². The number of sulfonamides is 1. The van der Waals surface area contributed by atoms with E-state index in [0.717, 1.165) is 5.56 Å². The van der Waals surface area contributed by atoms with Crippen molar-refractivity contribution >= 4 is 32.4 Å². The van der Waals surface area contributed by atoms with Gasteiger partial charge in [-0.1, -0.05) is 27.7 Å². The highest BCUT2D eigenvalue weighted by Crippen LogP contribution is 2.35. The molecule has 1 N–H and O–H groups in total. The summed E-state index contributed by atoms with van der Waals surface area (Å²) < 4.78 is 38.7. The maximum atomic E-state index is 13.2. The minimum atomic E-state index is -3.66. The first-order valence-corrected chi connectivity index (χ1v) is 14.0. The van der Waals surface area contributed by atoms with Gasteiger partial charge in [0.05, 0.1) is 24.8 Å². The topological polar surface area (TPSA) is 97.8 Å². The number of hydrogen-bond donors (Lipinski definition) is 1. The second-order valence-electron chi connectivity index (χ2n) is 9.19. The van der Waals surface area contributed by atoms with Crippen LogP contribution in [0.5, 0.6) is 11.5 Å². The predicted octanol–water partition coefficient (Wildman–Crippen LogP) is 5.38. The average Bonchev–Trinajstić information content (AvgIpc) is 3.31. The summed E-state index contributed by atoms with van der Waals surface area (Å²) in [6, 6.07) is 11.4. The van der Waals surface area contributed by atoms with Gasteiger partial charge in [0.1, 0.15) is 11.5 Å². The van der Waals surface area contributed by atoms with Gasteiger partial charge in [-0.15, -0.1) is 11.3 Å². The molecule has 3 aromatic rings. The number of carbonyl (C=O) groups is 1. The van der Waals surface area contributed by atoms with Crippen molar-refractivity contribution in [2.24, 2.45) is 11.8 Å². The number of nitrogens with zero attached hydrogens (tertiary/aromatic N) is 2. The largest absolute Gasteiger partial charge is 0.497 e. The molecule has 0 saturated carbocycles. The molecule has 1 amide bonds. The smallest absolute Gasteiger partial charge is 0.257 e. The summed E-state index contributed by atoms with van der Waals surface area (Å²) in [5.74, 6) is 1.32. The van der Waals surface area contributed by atoms with Crippen molar-refractivity contribution in [1.82, 2.24) is 9.29 Å². The van der Waals surface area contributed by atoms with E-state index in [1.54, 1.807) is 26.4 Å². The highest BCUT2D eigenvalue weighted by Gasteiger charge is 2.26. The van der Waals surface area contributed by atoms with E-state index >= 15 is 0 Å². The van der Waals surface area contributed by atoms with Crippen LogP contribution in [0.15, 0.2) is 52.7 Å². The Labute approximate surface area is 217 Å². The minimum absolute atomic E-state index is 0.169. The lowest BCUT2D eigenvalue weighted by Gasteiger charge is -2.25. The number of aromatic nitrogens is 1. The highest BCUT2D eigenvalue weighted by atomic mass is 32.2. The molecule has 1 aromatic heterocycles. The molecule has 36 heavy (non-hydrogen) atoms. The SMILES string of the molecule is COc1ccc(OC)c(-c2csc(NC(=O)c3ccc(S(=O)(=O)N(CC(C)C)CC(C)C)cc3)n2)c1. The van der Waals surface area contributed by atoms with Crippen molar-refractivity contribution in [2.75, 3.05) is 32.6 Å². The van der Waals surface area contributed by atoms with Crippen LogP contribution in [0.4, 0.5) is 5.13 Å². The van der Waals surface area contributed by atoms with E-state index in [9.17, 15) is 13.2 Å².